The smallest absolute Gasteiger partial charge is 0.409 e. The zero-order valence-corrected chi connectivity index (χ0v) is 16.9. The fraction of sp³-hybridized carbons (Fsp3) is 0.526. The van der Waals surface area contributed by atoms with Crippen molar-refractivity contribution in [1.82, 2.24) is 19.4 Å². The largest absolute Gasteiger partial charge is 0.453 e. The number of anilines is 1. The normalized spacial score (nSPS) is 11.5. The first-order valence-electron chi connectivity index (χ1n) is 8.89. The number of hydrogen-bond acceptors (Lipinski definition) is 5. The average molecular weight is 375 g/mol. The predicted octanol–water partition coefficient (Wildman–Crippen LogP) is 2.48. The van der Waals surface area contributed by atoms with Gasteiger partial charge in [0.1, 0.15) is 0 Å². The van der Waals surface area contributed by atoms with Crippen LogP contribution in [0.15, 0.2) is 18.2 Å². The van der Waals surface area contributed by atoms with Crippen molar-refractivity contribution in [3.8, 4) is 0 Å². The van der Waals surface area contributed by atoms with Gasteiger partial charge >= 0.3 is 6.09 Å². The molecular formula is C19H29N5O3. The van der Waals surface area contributed by atoms with E-state index < -0.39 is 0 Å². The minimum atomic E-state index is -0.366. The topological polar surface area (TPSA) is 93.7 Å². The number of carbonyl (C=O) groups is 2. The number of imidazole rings is 1. The van der Waals surface area contributed by atoms with Gasteiger partial charge in [-0.3, -0.25) is 4.79 Å². The molecule has 0 fully saturated rings. The van der Waals surface area contributed by atoms with Crippen LogP contribution in [0.3, 0.4) is 0 Å². The van der Waals surface area contributed by atoms with Crippen LogP contribution in [0, 0.1) is 0 Å². The summed E-state index contributed by atoms with van der Waals surface area (Å²) in [4.78, 5) is 32.2. The summed E-state index contributed by atoms with van der Waals surface area (Å²) >= 11 is 0. The van der Waals surface area contributed by atoms with E-state index in [0.717, 1.165) is 5.52 Å². The molecule has 0 aliphatic heterocycles. The SMILES string of the molecule is COC(=O)N(CCCN(C)C(=O)c1ccc2c(c1)nc(N)n2C)C(C)(C)C. The summed E-state index contributed by atoms with van der Waals surface area (Å²) < 4.78 is 6.63. The van der Waals surface area contributed by atoms with Crippen LogP contribution in [0.25, 0.3) is 11.0 Å². The first-order valence-corrected chi connectivity index (χ1v) is 8.89. The average Bonchev–Trinajstić information content (AvgIpc) is 2.89. The molecule has 8 heteroatoms. The van der Waals surface area contributed by atoms with Crippen molar-refractivity contribution in [1.29, 1.82) is 0 Å². The van der Waals surface area contributed by atoms with Gasteiger partial charge in [0.05, 0.1) is 18.1 Å². The minimum Gasteiger partial charge on any atom is -0.453 e. The van der Waals surface area contributed by atoms with Gasteiger partial charge in [0.25, 0.3) is 5.91 Å². The van der Waals surface area contributed by atoms with Gasteiger partial charge in [-0.05, 0) is 45.4 Å². The molecule has 0 radical (unpaired) electrons. The number of methoxy groups -OCH3 is 1. The van der Waals surface area contributed by atoms with Gasteiger partial charge in [0, 0.05) is 38.3 Å². The van der Waals surface area contributed by atoms with Crippen LogP contribution in [0.1, 0.15) is 37.6 Å². The van der Waals surface area contributed by atoms with E-state index in [2.05, 4.69) is 4.98 Å². The molecular weight excluding hydrogens is 346 g/mol. The molecule has 2 aromatic rings. The highest BCUT2D eigenvalue weighted by atomic mass is 16.5. The lowest BCUT2D eigenvalue weighted by Crippen LogP contribution is -2.46. The van der Waals surface area contributed by atoms with E-state index in [4.69, 9.17) is 10.5 Å². The van der Waals surface area contributed by atoms with Crippen LogP contribution in [0.4, 0.5) is 10.7 Å². The van der Waals surface area contributed by atoms with E-state index in [1.54, 1.807) is 33.5 Å². The third kappa shape index (κ3) is 4.50. The van der Waals surface area contributed by atoms with Crippen LogP contribution < -0.4 is 5.73 Å². The zero-order valence-electron chi connectivity index (χ0n) is 16.9. The monoisotopic (exact) mass is 375 g/mol. The van der Waals surface area contributed by atoms with Crippen LogP contribution in [-0.2, 0) is 11.8 Å². The summed E-state index contributed by atoms with van der Waals surface area (Å²) in [5.41, 5.74) is 7.60. The fourth-order valence-corrected chi connectivity index (χ4v) is 2.95. The van der Waals surface area contributed by atoms with Crippen LogP contribution in [-0.4, -0.2) is 64.1 Å². The highest BCUT2D eigenvalue weighted by Crippen LogP contribution is 2.19. The van der Waals surface area contributed by atoms with Crippen LogP contribution in [0.5, 0.6) is 0 Å². The van der Waals surface area contributed by atoms with Gasteiger partial charge in [-0.1, -0.05) is 0 Å². The van der Waals surface area contributed by atoms with Crippen molar-refractivity contribution >= 4 is 29.0 Å². The Labute approximate surface area is 159 Å². The van der Waals surface area contributed by atoms with Gasteiger partial charge in [0.15, 0.2) is 0 Å². The number of fused-ring (bicyclic) bond motifs is 1. The quantitative estimate of drug-likeness (QED) is 0.866. The molecule has 1 aromatic heterocycles. The Hall–Kier alpha value is -2.77. The molecule has 2 amide bonds. The molecule has 8 nitrogen and oxygen atoms in total. The first kappa shape index (κ1) is 20.5. The molecule has 0 aliphatic rings. The number of amides is 2. The third-order valence-corrected chi connectivity index (χ3v) is 4.59. The van der Waals surface area contributed by atoms with Gasteiger partial charge < -0.3 is 24.8 Å². The number of nitrogen functional groups attached to an aromatic ring is 1. The number of carbonyl (C=O) groups excluding carboxylic acids is 2. The highest BCUT2D eigenvalue weighted by Gasteiger charge is 2.27. The molecule has 0 spiro atoms. The molecule has 1 heterocycles. The van der Waals surface area contributed by atoms with E-state index in [-0.39, 0.29) is 17.5 Å². The lowest BCUT2D eigenvalue weighted by Gasteiger charge is -2.34. The summed E-state index contributed by atoms with van der Waals surface area (Å²) in [7, 11) is 4.96. The van der Waals surface area contributed by atoms with Crippen molar-refractivity contribution in [2.75, 3.05) is 33.0 Å². The lowest BCUT2D eigenvalue weighted by molar-refractivity contribution is 0.0741. The van der Waals surface area contributed by atoms with Crippen molar-refractivity contribution in [2.24, 2.45) is 7.05 Å². The summed E-state index contributed by atoms with van der Waals surface area (Å²) in [6.45, 7) is 6.88. The maximum atomic E-state index is 12.7. The zero-order chi connectivity index (χ0) is 20.4. The standard InChI is InChI=1S/C19H29N5O3/c1-19(2,3)24(18(26)27-6)11-7-10-22(4)16(25)13-8-9-15-14(12-13)21-17(20)23(15)5/h8-9,12H,7,10-11H2,1-6H3,(H2,20,21). The molecule has 27 heavy (non-hydrogen) atoms. The van der Waals surface area contributed by atoms with Crippen LogP contribution in [0.2, 0.25) is 0 Å². The first-order chi connectivity index (χ1) is 12.6. The number of ether oxygens (including phenoxy) is 1. The van der Waals surface area contributed by atoms with E-state index in [1.807, 2.05) is 33.9 Å². The number of hydrogen-bond donors (Lipinski definition) is 1. The van der Waals surface area contributed by atoms with E-state index in [9.17, 15) is 9.59 Å². The number of rotatable bonds is 5. The van der Waals surface area contributed by atoms with E-state index in [1.165, 1.54) is 7.11 Å². The van der Waals surface area contributed by atoms with Crippen molar-refractivity contribution in [2.45, 2.75) is 32.7 Å². The summed E-state index contributed by atoms with van der Waals surface area (Å²) in [5.74, 6) is 0.314. The minimum absolute atomic E-state index is 0.0958. The lowest BCUT2D eigenvalue weighted by atomic mass is 10.1. The highest BCUT2D eigenvalue weighted by molar-refractivity contribution is 5.97. The molecule has 0 saturated carbocycles. The second kappa shape index (κ2) is 7.85. The summed E-state index contributed by atoms with van der Waals surface area (Å²) in [6.07, 6.45) is 0.280. The third-order valence-electron chi connectivity index (χ3n) is 4.59. The predicted molar refractivity (Wildman–Crippen MR) is 106 cm³/mol. The Morgan fingerprint density at radius 1 is 1.26 bits per heavy atom. The second-order valence-electron chi connectivity index (χ2n) is 7.61. The molecule has 0 aliphatic carbocycles. The molecule has 0 atom stereocenters. The molecule has 2 N–H and O–H groups in total. The number of benzene rings is 1. The maximum Gasteiger partial charge on any atom is 0.409 e. The van der Waals surface area contributed by atoms with E-state index >= 15 is 0 Å². The molecule has 0 unspecified atom stereocenters. The van der Waals surface area contributed by atoms with Crippen molar-refractivity contribution in [3.63, 3.8) is 0 Å². The number of aryl methyl sites for hydroxylation is 1. The van der Waals surface area contributed by atoms with Gasteiger partial charge in [-0.25, -0.2) is 9.78 Å². The Bertz CT molecular complexity index is 838. The summed E-state index contributed by atoms with van der Waals surface area (Å²) in [6, 6.07) is 5.37. The molecule has 1 aromatic carbocycles. The Kier molecular flexibility index (Phi) is 5.98. The number of aromatic nitrogens is 2. The Morgan fingerprint density at radius 3 is 2.52 bits per heavy atom. The van der Waals surface area contributed by atoms with Gasteiger partial charge in [-0.15, -0.1) is 0 Å². The molecule has 0 saturated heterocycles. The van der Waals surface area contributed by atoms with Crippen molar-refractivity contribution in [3.05, 3.63) is 23.8 Å². The fourth-order valence-electron chi connectivity index (χ4n) is 2.95. The maximum absolute atomic E-state index is 12.7. The van der Waals surface area contributed by atoms with E-state index in [0.29, 0.717) is 36.5 Å². The molecule has 0 bridgehead atoms. The van der Waals surface area contributed by atoms with Crippen LogP contribution >= 0.6 is 0 Å². The van der Waals surface area contributed by atoms with Gasteiger partial charge in [-0.2, -0.15) is 0 Å². The summed E-state index contributed by atoms with van der Waals surface area (Å²) in [5, 5.41) is 0. The van der Waals surface area contributed by atoms with Crippen molar-refractivity contribution < 1.29 is 14.3 Å². The number of nitrogens with zero attached hydrogens (tertiary/aromatic N) is 4. The number of nitrogens with two attached hydrogens (primary N) is 1. The Balaban J connectivity index is 2.02. The molecule has 2 rings (SSSR count). The van der Waals surface area contributed by atoms with Gasteiger partial charge in [0.2, 0.25) is 5.95 Å². The second-order valence-corrected chi connectivity index (χ2v) is 7.61. The molecule has 148 valence electrons. The Morgan fingerprint density at radius 2 is 1.93 bits per heavy atom.